The van der Waals surface area contributed by atoms with E-state index in [1.54, 1.807) is 0 Å². The molecule has 6 heteroatoms. The molecule has 118 valence electrons. The molecule has 2 heterocycles. The zero-order valence-corrected chi connectivity index (χ0v) is 12.0. The number of nitrogens with two attached hydrogens (primary N) is 1. The third kappa shape index (κ3) is 4.52. The summed E-state index contributed by atoms with van der Waals surface area (Å²) in [6.45, 7) is 4.24. The Kier molecular flexibility index (Phi) is 5.33. The van der Waals surface area contributed by atoms with Gasteiger partial charge in [-0.05, 0) is 57.0 Å². The third-order valence-corrected chi connectivity index (χ3v) is 3.76. The number of nitrogens with one attached hydrogen (secondary N) is 1. The predicted molar refractivity (Wildman–Crippen MR) is 79.4 cm³/mol. The van der Waals surface area contributed by atoms with E-state index in [9.17, 15) is 13.2 Å². The highest BCUT2D eigenvalue weighted by atomic mass is 19.4. The smallest absolute Gasteiger partial charge is 0.397 e. The van der Waals surface area contributed by atoms with Crippen molar-refractivity contribution in [3.05, 3.63) is 23.8 Å². The molecule has 21 heavy (non-hydrogen) atoms. The van der Waals surface area contributed by atoms with Gasteiger partial charge in [0.25, 0.3) is 0 Å². The van der Waals surface area contributed by atoms with Gasteiger partial charge in [-0.1, -0.05) is 0 Å². The van der Waals surface area contributed by atoms with Crippen LogP contribution in [0.25, 0.3) is 0 Å². The molecule has 0 aliphatic carbocycles. The van der Waals surface area contributed by atoms with Crippen LogP contribution in [0.5, 0.6) is 0 Å². The minimum absolute atomic E-state index is 0.205. The first-order valence-corrected chi connectivity index (χ1v) is 7.41. The summed E-state index contributed by atoms with van der Waals surface area (Å²) in [6.07, 6.45) is 0.596. The Bertz CT molecular complexity index is 442. The number of anilines is 2. The molecule has 0 amide bonds. The van der Waals surface area contributed by atoms with Gasteiger partial charge < -0.3 is 16.0 Å². The topological polar surface area (TPSA) is 41.3 Å². The van der Waals surface area contributed by atoms with Crippen LogP contribution in [0.3, 0.4) is 0 Å². The molecule has 3 rings (SSSR count). The molecule has 0 saturated carbocycles. The summed E-state index contributed by atoms with van der Waals surface area (Å²) in [5, 5.41) is 3.22. The maximum atomic E-state index is 12.4. The summed E-state index contributed by atoms with van der Waals surface area (Å²) >= 11 is 0. The van der Waals surface area contributed by atoms with E-state index in [0.717, 1.165) is 38.1 Å². The molecule has 1 aromatic carbocycles. The lowest BCUT2D eigenvalue weighted by Crippen LogP contribution is -2.19. The number of hydrogen-bond acceptors (Lipinski definition) is 3. The van der Waals surface area contributed by atoms with Gasteiger partial charge in [0.2, 0.25) is 0 Å². The lowest BCUT2D eigenvalue weighted by molar-refractivity contribution is -0.137. The minimum Gasteiger partial charge on any atom is -0.397 e. The first-order valence-electron chi connectivity index (χ1n) is 7.41. The van der Waals surface area contributed by atoms with E-state index >= 15 is 0 Å². The zero-order chi connectivity index (χ0) is 15.3. The van der Waals surface area contributed by atoms with Crippen molar-refractivity contribution in [2.45, 2.75) is 31.9 Å². The van der Waals surface area contributed by atoms with Crippen LogP contribution in [0.2, 0.25) is 0 Å². The Morgan fingerprint density at radius 3 is 2.05 bits per heavy atom. The molecule has 2 aliphatic heterocycles. The van der Waals surface area contributed by atoms with Gasteiger partial charge in [0, 0.05) is 13.1 Å². The van der Waals surface area contributed by atoms with Gasteiger partial charge in [0.1, 0.15) is 0 Å². The predicted octanol–water partition coefficient (Wildman–Crippen LogP) is 3.26. The molecule has 0 spiro atoms. The molecule has 0 atom stereocenters. The second-order valence-electron chi connectivity index (χ2n) is 5.42. The minimum atomic E-state index is -4.32. The van der Waals surface area contributed by atoms with Crippen LogP contribution in [0, 0.1) is 0 Å². The monoisotopic (exact) mass is 301 g/mol. The highest BCUT2D eigenvalue weighted by molar-refractivity contribution is 5.69. The van der Waals surface area contributed by atoms with E-state index < -0.39 is 11.7 Å². The van der Waals surface area contributed by atoms with Gasteiger partial charge in [-0.15, -0.1) is 0 Å². The average molecular weight is 301 g/mol. The Labute approximate surface area is 123 Å². The molecule has 0 aromatic heterocycles. The number of nitrogens with zero attached hydrogens (tertiary/aromatic N) is 1. The zero-order valence-electron chi connectivity index (χ0n) is 12.0. The van der Waals surface area contributed by atoms with Crippen LogP contribution in [0.4, 0.5) is 24.5 Å². The van der Waals surface area contributed by atoms with Crippen LogP contribution in [0.15, 0.2) is 18.2 Å². The van der Waals surface area contributed by atoms with Gasteiger partial charge in [-0.2, -0.15) is 13.2 Å². The van der Waals surface area contributed by atoms with E-state index in [2.05, 4.69) is 5.32 Å². The molecule has 3 nitrogen and oxygen atoms in total. The second-order valence-corrected chi connectivity index (χ2v) is 5.42. The standard InChI is InChI=1S/C11H13F3N2.C4H9N/c12-11(13,14)8-3-4-10(9(15)7-8)16-5-1-2-6-16;1-2-4-5-3-1/h3-4,7H,1-2,5-6,15H2;5H,1-4H2. The van der Waals surface area contributed by atoms with E-state index in [-0.39, 0.29) is 5.69 Å². The fourth-order valence-electron chi connectivity index (χ4n) is 2.60. The van der Waals surface area contributed by atoms with Gasteiger partial charge >= 0.3 is 6.18 Å². The Morgan fingerprint density at radius 2 is 1.62 bits per heavy atom. The molecule has 1 aromatic rings. The SMILES string of the molecule is C1CCNC1.Nc1cc(C(F)(F)F)ccc1N1CCCC1. The van der Waals surface area contributed by atoms with Crippen LogP contribution < -0.4 is 16.0 Å². The maximum absolute atomic E-state index is 12.4. The van der Waals surface area contributed by atoms with E-state index in [0.29, 0.717) is 5.69 Å². The fourth-order valence-corrected chi connectivity index (χ4v) is 2.60. The molecule has 2 aliphatic rings. The first kappa shape index (κ1) is 15.9. The van der Waals surface area contributed by atoms with E-state index in [1.807, 2.05) is 4.90 Å². The molecule has 0 bridgehead atoms. The van der Waals surface area contributed by atoms with Crippen molar-refractivity contribution in [2.75, 3.05) is 36.8 Å². The maximum Gasteiger partial charge on any atom is 0.416 e. The van der Waals surface area contributed by atoms with Gasteiger partial charge in [0.05, 0.1) is 16.9 Å². The highest BCUT2D eigenvalue weighted by Crippen LogP contribution is 2.34. The van der Waals surface area contributed by atoms with Crippen LogP contribution in [-0.4, -0.2) is 26.2 Å². The number of hydrogen-bond donors (Lipinski definition) is 2. The summed E-state index contributed by atoms with van der Waals surface area (Å²) in [5.74, 6) is 0. The Balaban J connectivity index is 0.000000272. The normalized spacial score (nSPS) is 18.5. The number of benzene rings is 1. The van der Waals surface area contributed by atoms with Gasteiger partial charge in [-0.3, -0.25) is 0 Å². The highest BCUT2D eigenvalue weighted by Gasteiger charge is 2.31. The number of rotatable bonds is 1. The lowest BCUT2D eigenvalue weighted by Gasteiger charge is -2.20. The molecule has 3 N–H and O–H groups in total. The summed E-state index contributed by atoms with van der Waals surface area (Å²) < 4.78 is 37.2. The summed E-state index contributed by atoms with van der Waals surface area (Å²) in [4.78, 5) is 2.02. The van der Waals surface area contributed by atoms with Crippen LogP contribution >= 0.6 is 0 Å². The number of halogens is 3. The van der Waals surface area contributed by atoms with Gasteiger partial charge in [0.15, 0.2) is 0 Å². The summed E-state index contributed by atoms with van der Waals surface area (Å²) in [7, 11) is 0. The number of nitrogen functional groups attached to an aromatic ring is 1. The Hall–Kier alpha value is -1.43. The average Bonchev–Trinajstić information content (AvgIpc) is 3.14. The fraction of sp³-hybridized carbons (Fsp3) is 0.600. The van der Waals surface area contributed by atoms with E-state index in [1.165, 1.54) is 32.0 Å². The van der Waals surface area contributed by atoms with Gasteiger partial charge in [-0.25, -0.2) is 0 Å². The van der Waals surface area contributed by atoms with E-state index in [4.69, 9.17) is 5.73 Å². The van der Waals surface area contributed by atoms with Crippen molar-refractivity contribution >= 4 is 11.4 Å². The lowest BCUT2D eigenvalue weighted by atomic mass is 10.1. The molecular weight excluding hydrogens is 279 g/mol. The van der Waals surface area contributed by atoms with Crippen molar-refractivity contribution in [3.8, 4) is 0 Å². The van der Waals surface area contributed by atoms with Crippen molar-refractivity contribution in [1.82, 2.24) is 5.32 Å². The number of alkyl halides is 3. The third-order valence-electron chi connectivity index (χ3n) is 3.76. The van der Waals surface area contributed by atoms with Crippen LogP contribution in [0.1, 0.15) is 31.2 Å². The molecule has 0 radical (unpaired) electrons. The Morgan fingerprint density at radius 1 is 1.00 bits per heavy atom. The molecule has 2 saturated heterocycles. The van der Waals surface area contributed by atoms with Crippen LogP contribution in [-0.2, 0) is 6.18 Å². The molecule has 0 unspecified atom stereocenters. The largest absolute Gasteiger partial charge is 0.416 e. The van der Waals surface area contributed by atoms with Crippen molar-refractivity contribution in [1.29, 1.82) is 0 Å². The quantitative estimate of drug-likeness (QED) is 0.782. The van der Waals surface area contributed by atoms with Crippen molar-refractivity contribution in [3.63, 3.8) is 0 Å². The summed E-state index contributed by atoms with van der Waals surface area (Å²) in [6, 6.07) is 3.56. The first-order chi connectivity index (χ1) is 9.98. The summed E-state index contributed by atoms with van der Waals surface area (Å²) in [5.41, 5.74) is 5.89. The molecular formula is C15H22F3N3. The second kappa shape index (κ2) is 7.02. The van der Waals surface area contributed by atoms with Crippen molar-refractivity contribution < 1.29 is 13.2 Å². The molecule has 2 fully saturated rings. The van der Waals surface area contributed by atoms with Crippen molar-refractivity contribution in [2.24, 2.45) is 0 Å².